The van der Waals surface area contributed by atoms with Crippen molar-refractivity contribution >= 4 is 16.5 Å². The maximum absolute atomic E-state index is 10.3. The standard InChI is InChI=1S/C15H23NOS/c1-2-14(13-9-5-3-6-10-13)18-15(17)16-11-7-4-8-12-16/h3,5-6,9-10,14,17-18H,2,4,7-8,11-12H2,1H3. The number of aliphatic hydroxyl groups excluding tert-OH is 1. The van der Waals surface area contributed by atoms with Crippen LogP contribution in [0.25, 0.3) is 0 Å². The van der Waals surface area contributed by atoms with Gasteiger partial charge in [-0.25, -0.2) is 0 Å². The maximum Gasteiger partial charge on any atom is 0.143 e. The van der Waals surface area contributed by atoms with Gasteiger partial charge in [-0.3, -0.25) is 4.90 Å². The highest BCUT2D eigenvalue weighted by Gasteiger charge is 2.15. The number of benzene rings is 1. The van der Waals surface area contributed by atoms with Gasteiger partial charge in [-0.2, -0.15) is 11.4 Å². The van der Waals surface area contributed by atoms with E-state index in [9.17, 15) is 5.11 Å². The van der Waals surface area contributed by atoms with Crippen molar-refractivity contribution in [2.45, 2.75) is 37.9 Å². The van der Waals surface area contributed by atoms with Gasteiger partial charge in [0, 0.05) is 18.3 Å². The van der Waals surface area contributed by atoms with Crippen LogP contribution in [0.15, 0.2) is 30.3 Å². The first kappa shape index (κ1) is 13.8. The lowest BCUT2D eigenvalue weighted by atomic mass is 10.1. The Morgan fingerprint density at radius 2 is 1.89 bits per heavy atom. The first-order valence-electron chi connectivity index (χ1n) is 6.88. The number of piperidine rings is 1. The summed E-state index contributed by atoms with van der Waals surface area (Å²) < 4.78 is 0. The van der Waals surface area contributed by atoms with E-state index in [2.05, 4.69) is 36.1 Å². The summed E-state index contributed by atoms with van der Waals surface area (Å²) in [5.41, 5.74) is 1.32. The number of thiol groups is 1. The first-order valence-corrected chi connectivity index (χ1v) is 7.84. The normalized spacial score (nSPS) is 20.2. The van der Waals surface area contributed by atoms with Crippen LogP contribution in [-0.2, 0) is 0 Å². The van der Waals surface area contributed by atoms with Crippen LogP contribution in [-0.4, -0.2) is 28.3 Å². The molecule has 0 aliphatic carbocycles. The second-order valence-electron chi connectivity index (χ2n) is 4.81. The number of rotatable bonds is 3. The van der Waals surface area contributed by atoms with Crippen molar-refractivity contribution in [1.29, 1.82) is 0 Å². The Morgan fingerprint density at radius 3 is 2.50 bits per heavy atom. The Hall–Kier alpha value is -0.640. The summed E-state index contributed by atoms with van der Waals surface area (Å²) in [6.45, 7) is 4.22. The topological polar surface area (TPSA) is 23.5 Å². The second kappa shape index (κ2) is 7.07. The van der Waals surface area contributed by atoms with Crippen molar-refractivity contribution in [3.8, 4) is 0 Å². The summed E-state index contributed by atoms with van der Waals surface area (Å²) in [7, 11) is 0. The van der Waals surface area contributed by atoms with E-state index in [0.717, 1.165) is 30.9 Å². The minimum absolute atomic E-state index is 0.410. The van der Waals surface area contributed by atoms with Gasteiger partial charge in [0.25, 0.3) is 0 Å². The molecule has 1 N–H and O–H groups in total. The highest BCUT2D eigenvalue weighted by Crippen LogP contribution is 2.28. The molecule has 18 heavy (non-hydrogen) atoms. The van der Waals surface area contributed by atoms with Crippen LogP contribution in [0.1, 0.15) is 43.4 Å². The van der Waals surface area contributed by atoms with E-state index in [0.29, 0.717) is 10.4 Å². The van der Waals surface area contributed by atoms with Crippen LogP contribution in [0.3, 0.4) is 0 Å². The predicted octanol–water partition coefficient (Wildman–Crippen LogP) is 3.73. The quantitative estimate of drug-likeness (QED) is 0.642. The Bertz CT molecular complexity index is 385. The monoisotopic (exact) mass is 265 g/mol. The van der Waals surface area contributed by atoms with Crippen LogP contribution < -0.4 is 0 Å². The molecule has 1 unspecified atom stereocenters. The number of hydrogen-bond acceptors (Lipinski definition) is 0. The number of aliphatic hydroxyl groups is 1. The van der Waals surface area contributed by atoms with Crippen molar-refractivity contribution in [2.75, 3.05) is 13.1 Å². The van der Waals surface area contributed by atoms with Crippen molar-refractivity contribution in [2.24, 2.45) is 0 Å². The van der Waals surface area contributed by atoms with Crippen LogP contribution in [0.5, 0.6) is 0 Å². The highest BCUT2D eigenvalue weighted by molar-refractivity contribution is 7.98. The molecule has 1 atom stereocenters. The molecular weight excluding hydrogens is 242 g/mol. The van der Waals surface area contributed by atoms with Gasteiger partial charge in [0.2, 0.25) is 0 Å². The molecule has 1 heterocycles. The van der Waals surface area contributed by atoms with E-state index < -0.39 is 0 Å². The molecule has 1 fully saturated rings. The first-order chi connectivity index (χ1) is 8.81. The van der Waals surface area contributed by atoms with E-state index in [1.165, 1.54) is 24.8 Å². The van der Waals surface area contributed by atoms with Gasteiger partial charge in [-0.1, -0.05) is 43.7 Å². The molecule has 1 aliphatic rings. The zero-order valence-electron chi connectivity index (χ0n) is 11.0. The smallest absolute Gasteiger partial charge is 0.143 e. The summed E-state index contributed by atoms with van der Waals surface area (Å²) in [5, 5.41) is 11.2. The Labute approximate surface area is 114 Å². The lowest BCUT2D eigenvalue weighted by Gasteiger charge is -2.26. The van der Waals surface area contributed by atoms with Crippen molar-refractivity contribution in [3.63, 3.8) is 0 Å². The third-order valence-electron chi connectivity index (χ3n) is 3.48. The zero-order valence-corrected chi connectivity index (χ0v) is 11.9. The molecule has 100 valence electrons. The fourth-order valence-corrected chi connectivity index (χ4v) is 3.54. The summed E-state index contributed by atoms with van der Waals surface area (Å²) in [5.74, 6) is 0. The molecule has 2 nitrogen and oxygen atoms in total. The highest BCUT2D eigenvalue weighted by atomic mass is 32.1. The summed E-state index contributed by atoms with van der Waals surface area (Å²) >= 11 is 1.05. The largest absolute Gasteiger partial charge is 0.346 e. The minimum atomic E-state index is 0.410. The summed E-state index contributed by atoms with van der Waals surface area (Å²) in [4.78, 5) is 2.15. The molecule has 1 aromatic rings. The van der Waals surface area contributed by atoms with Crippen LogP contribution in [0.4, 0.5) is 0 Å². The van der Waals surface area contributed by atoms with Crippen molar-refractivity contribution in [3.05, 3.63) is 35.9 Å². The number of likely N-dealkylation sites (tertiary alicyclic amines) is 1. The predicted molar refractivity (Wildman–Crippen MR) is 81.5 cm³/mol. The number of nitrogens with zero attached hydrogens (tertiary/aromatic N) is 1. The molecule has 2 rings (SSSR count). The van der Waals surface area contributed by atoms with Gasteiger partial charge < -0.3 is 5.11 Å². The fourth-order valence-electron chi connectivity index (χ4n) is 2.39. The molecule has 0 saturated carbocycles. The Morgan fingerprint density at radius 1 is 1.22 bits per heavy atom. The van der Waals surface area contributed by atoms with E-state index in [4.69, 9.17) is 0 Å². The fraction of sp³-hybridized carbons (Fsp3) is 0.533. The molecule has 0 spiro atoms. The van der Waals surface area contributed by atoms with Gasteiger partial charge in [-0.15, -0.1) is 0 Å². The zero-order chi connectivity index (χ0) is 12.8. The van der Waals surface area contributed by atoms with Gasteiger partial charge >= 0.3 is 0 Å². The summed E-state index contributed by atoms with van der Waals surface area (Å²) in [6, 6.07) is 10.5. The van der Waals surface area contributed by atoms with E-state index in [1.54, 1.807) is 0 Å². The van der Waals surface area contributed by atoms with E-state index in [-0.39, 0.29) is 0 Å². The average Bonchev–Trinajstić information content (AvgIpc) is 2.46. The molecule has 1 aromatic carbocycles. The third kappa shape index (κ3) is 3.67. The van der Waals surface area contributed by atoms with E-state index >= 15 is 0 Å². The molecule has 0 aromatic heterocycles. The van der Waals surface area contributed by atoms with Gasteiger partial charge in [0.1, 0.15) is 5.17 Å². The van der Waals surface area contributed by atoms with Gasteiger partial charge in [0.15, 0.2) is 0 Å². The Kier molecular flexibility index (Phi) is 5.42. The van der Waals surface area contributed by atoms with Crippen LogP contribution in [0, 0.1) is 0 Å². The van der Waals surface area contributed by atoms with Crippen LogP contribution in [0.2, 0.25) is 0 Å². The molecule has 0 amide bonds. The summed E-state index contributed by atoms with van der Waals surface area (Å²) in [6.07, 6.45) is 4.78. The maximum atomic E-state index is 10.3. The molecular formula is C15H23NOS. The molecule has 3 heteroatoms. The molecule has 1 saturated heterocycles. The average molecular weight is 265 g/mol. The third-order valence-corrected chi connectivity index (χ3v) is 4.97. The molecule has 0 bridgehead atoms. The lowest BCUT2D eigenvalue weighted by molar-refractivity contribution is 0.295. The van der Waals surface area contributed by atoms with Crippen LogP contribution >= 0.6 is 11.4 Å². The van der Waals surface area contributed by atoms with Gasteiger partial charge in [0.05, 0.1) is 0 Å². The Balaban J connectivity index is 2.08. The lowest BCUT2D eigenvalue weighted by Crippen LogP contribution is -2.34. The second-order valence-corrected chi connectivity index (χ2v) is 6.09. The minimum Gasteiger partial charge on any atom is -0.346 e. The van der Waals surface area contributed by atoms with Crippen molar-refractivity contribution < 1.29 is 5.11 Å². The van der Waals surface area contributed by atoms with Gasteiger partial charge in [-0.05, 0) is 24.8 Å². The number of hydrogen-bond donors (Lipinski definition) is 2. The molecule has 0 radical (unpaired) electrons. The molecule has 1 aliphatic heterocycles. The SMILES string of the molecule is CCC([SH]=C(O)N1CCCCC1)c1ccccc1. The van der Waals surface area contributed by atoms with E-state index in [1.807, 2.05) is 6.07 Å². The van der Waals surface area contributed by atoms with Crippen molar-refractivity contribution in [1.82, 2.24) is 4.90 Å².